The zero-order valence-electron chi connectivity index (χ0n) is 15.4. The second-order valence-electron chi connectivity index (χ2n) is 7.06. The lowest BCUT2D eigenvalue weighted by atomic mass is 9.76. The molecule has 2 rings (SSSR count). The Morgan fingerprint density at radius 1 is 1.24 bits per heavy atom. The summed E-state index contributed by atoms with van der Waals surface area (Å²) in [7, 11) is 0. The van der Waals surface area contributed by atoms with Crippen LogP contribution in [0.5, 0.6) is 0 Å². The predicted octanol–water partition coefficient (Wildman–Crippen LogP) is 4.19. The lowest BCUT2D eigenvalue weighted by Crippen LogP contribution is -2.28. The summed E-state index contributed by atoms with van der Waals surface area (Å²) in [6, 6.07) is 0. The summed E-state index contributed by atoms with van der Waals surface area (Å²) in [4.78, 5) is 10.5. The molecule has 0 spiro atoms. The van der Waals surface area contributed by atoms with Crippen LogP contribution >= 0.6 is 0 Å². The number of hydrogen-bond acceptors (Lipinski definition) is 3. The topological polar surface area (TPSA) is 55.8 Å². The number of carboxylic acids is 1. The van der Waals surface area contributed by atoms with Gasteiger partial charge in [-0.15, -0.1) is 5.92 Å². The van der Waals surface area contributed by atoms with Gasteiger partial charge in [0, 0.05) is 19.4 Å². The number of carbonyl (C=O) groups is 1. The molecule has 2 aliphatic rings. The standard InChI is InChI=1S/C21H32O4/c1-2-3-4-9-15-24-16-14-18-17(19-12-13-20(18)25-19)10-7-5-6-8-11-21(22)23/h5,7,17-20H,2-3,6,8,10-16H2,1H3,(H,22,23)/t17-,18+,19-,20+/m0/s1. The maximum atomic E-state index is 10.5. The number of ether oxygens (including phenoxy) is 2. The van der Waals surface area contributed by atoms with Gasteiger partial charge in [-0.2, -0.15) is 0 Å². The van der Waals surface area contributed by atoms with Crippen LogP contribution in [0, 0.1) is 23.7 Å². The van der Waals surface area contributed by atoms with Crippen molar-refractivity contribution in [1.29, 1.82) is 0 Å². The molecule has 2 saturated heterocycles. The molecule has 0 aromatic rings. The fraction of sp³-hybridized carbons (Fsp3) is 0.762. The van der Waals surface area contributed by atoms with Crippen molar-refractivity contribution in [2.45, 2.75) is 76.9 Å². The number of carboxylic acid groups (broad SMARTS) is 1. The summed E-state index contributed by atoms with van der Waals surface area (Å²) in [5.41, 5.74) is 0. The van der Waals surface area contributed by atoms with Crippen LogP contribution in [0.1, 0.15) is 64.7 Å². The highest BCUT2D eigenvalue weighted by Gasteiger charge is 2.47. The molecule has 2 fully saturated rings. The summed E-state index contributed by atoms with van der Waals surface area (Å²) >= 11 is 0. The average Bonchev–Trinajstić information content (AvgIpc) is 3.19. The minimum Gasteiger partial charge on any atom is -0.481 e. The van der Waals surface area contributed by atoms with Crippen molar-refractivity contribution < 1.29 is 19.4 Å². The van der Waals surface area contributed by atoms with Crippen molar-refractivity contribution >= 4 is 5.97 Å². The van der Waals surface area contributed by atoms with E-state index in [9.17, 15) is 4.79 Å². The predicted molar refractivity (Wildman–Crippen MR) is 98.2 cm³/mol. The lowest BCUT2D eigenvalue weighted by molar-refractivity contribution is -0.137. The van der Waals surface area contributed by atoms with Crippen LogP contribution in [0.3, 0.4) is 0 Å². The first-order valence-electron chi connectivity index (χ1n) is 9.78. The molecule has 4 nitrogen and oxygen atoms in total. The largest absolute Gasteiger partial charge is 0.481 e. The van der Waals surface area contributed by atoms with Gasteiger partial charge in [-0.25, -0.2) is 0 Å². The lowest BCUT2D eigenvalue weighted by Gasteiger charge is -2.27. The first-order chi connectivity index (χ1) is 12.2. The van der Waals surface area contributed by atoms with Gasteiger partial charge in [-0.05, 0) is 56.8 Å². The molecule has 2 heterocycles. The van der Waals surface area contributed by atoms with Crippen LogP contribution in [0.4, 0.5) is 0 Å². The zero-order chi connectivity index (χ0) is 17.9. The van der Waals surface area contributed by atoms with Crippen LogP contribution in [0.25, 0.3) is 0 Å². The van der Waals surface area contributed by atoms with Gasteiger partial charge >= 0.3 is 5.97 Å². The van der Waals surface area contributed by atoms with Crippen molar-refractivity contribution in [3.8, 4) is 11.8 Å². The quantitative estimate of drug-likeness (QED) is 0.345. The third kappa shape index (κ3) is 6.84. The molecule has 0 aromatic carbocycles. The number of aliphatic carboxylic acids is 1. The molecule has 0 aliphatic carbocycles. The summed E-state index contributed by atoms with van der Waals surface area (Å²) < 4.78 is 11.8. The van der Waals surface area contributed by atoms with Crippen molar-refractivity contribution in [1.82, 2.24) is 0 Å². The van der Waals surface area contributed by atoms with Gasteiger partial charge < -0.3 is 14.6 Å². The Morgan fingerprint density at radius 3 is 2.80 bits per heavy atom. The van der Waals surface area contributed by atoms with Gasteiger partial charge in [0.1, 0.15) is 6.61 Å². The number of unbranched alkanes of at least 4 members (excludes halogenated alkanes) is 2. The molecule has 0 unspecified atom stereocenters. The van der Waals surface area contributed by atoms with Crippen LogP contribution in [0.15, 0.2) is 12.2 Å². The molecule has 140 valence electrons. The Kier molecular flexibility index (Phi) is 9.07. The molecular formula is C21H32O4. The minimum atomic E-state index is -0.714. The fourth-order valence-corrected chi connectivity index (χ4v) is 3.95. The van der Waals surface area contributed by atoms with E-state index in [-0.39, 0.29) is 6.42 Å². The van der Waals surface area contributed by atoms with E-state index >= 15 is 0 Å². The maximum Gasteiger partial charge on any atom is 0.303 e. The molecule has 1 N–H and O–H groups in total. The first-order valence-corrected chi connectivity index (χ1v) is 9.78. The summed E-state index contributed by atoms with van der Waals surface area (Å²) in [5, 5.41) is 8.65. The van der Waals surface area contributed by atoms with Gasteiger partial charge in [0.25, 0.3) is 0 Å². The van der Waals surface area contributed by atoms with Gasteiger partial charge in [-0.3, -0.25) is 4.79 Å². The second-order valence-corrected chi connectivity index (χ2v) is 7.06. The molecule has 0 aromatic heterocycles. The van der Waals surface area contributed by atoms with E-state index in [1.807, 2.05) is 0 Å². The molecule has 2 aliphatic heterocycles. The van der Waals surface area contributed by atoms with E-state index in [2.05, 4.69) is 30.9 Å². The minimum absolute atomic E-state index is 0.253. The monoisotopic (exact) mass is 348 g/mol. The molecule has 0 amide bonds. The smallest absolute Gasteiger partial charge is 0.303 e. The highest BCUT2D eigenvalue weighted by molar-refractivity contribution is 5.66. The van der Waals surface area contributed by atoms with Crippen LogP contribution in [0.2, 0.25) is 0 Å². The SMILES string of the molecule is CCCC#CCOCC[C@@H]1[C@H](CC=CCCCC(=O)O)[C@@H]2CC[C@H]1O2. The highest BCUT2D eigenvalue weighted by Crippen LogP contribution is 2.46. The molecule has 0 saturated carbocycles. The Bertz CT molecular complexity index is 488. The van der Waals surface area contributed by atoms with Crippen molar-refractivity contribution in [3.05, 3.63) is 12.2 Å². The van der Waals surface area contributed by atoms with E-state index in [0.29, 0.717) is 30.7 Å². The van der Waals surface area contributed by atoms with E-state index in [4.69, 9.17) is 14.6 Å². The number of rotatable bonds is 11. The molecule has 0 radical (unpaired) electrons. The third-order valence-electron chi connectivity index (χ3n) is 5.20. The zero-order valence-corrected chi connectivity index (χ0v) is 15.4. The van der Waals surface area contributed by atoms with E-state index < -0.39 is 5.97 Å². The molecular weight excluding hydrogens is 316 g/mol. The summed E-state index contributed by atoms with van der Waals surface area (Å²) in [6.07, 6.45) is 13.5. The Balaban J connectivity index is 1.67. The van der Waals surface area contributed by atoms with E-state index in [1.165, 1.54) is 12.8 Å². The Morgan fingerprint density at radius 2 is 2.04 bits per heavy atom. The summed E-state index contributed by atoms with van der Waals surface area (Å²) in [5.74, 6) is 6.63. The van der Waals surface area contributed by atoms with Crippen molar-refractivity contribution in [2.24, 2.45) is 11.8 Å². The summed E-state index contributed by atoms with van der Waals surface area (Å²) in [6.45, 7) is 3.43. The van der Waals surface area contributed by atoms with E-state index in [0.717, 1.165) is 45.1 Å². The van der Waals surface area contributed by atoms with E-state index in [1.54, 1.807) is 0 Å². The third-order valence-corrected chi connectivity index (χ3v) is 5.20. The number of fused-ring (bicyclic) bond motifs is 2. The second kappa shape index (κ2) is 11.3. The van der Waals surface area contributed by atoms with Crippen molar-refractivity contribution in [2.75, 3.05) is 13.2 Å². The molecule has 25 heavy (non-hydrogen) atoms. The first kappa shape index (κ1) is 20.0. The maximum absolute atomic E-state index is 10.5. The molecule has 2 bridgehead atoms. The Hall–Kier alpha value is -1.31. The van der Waals surface area contributed by atoms with Gasteiger partial charge in [0.2, 0.25) is 0 Å². The van der Waals surface area contributed by atoms with Gasteiger partial charge in [0.05, 0.1) is 12.2 Å². The Labute approximate surface area is 152 Å². The molecule has 4 heteroatoms. The normalized spacial score (nSPS) is 27.6. The van der Waals surface area contributed by atoms with Gasteiger partial charge in [0.15, 0.2) is 0 Å². The number of hydrogen-bond donors (Lipinski definition) is 1. The highest BCUT2D eigenvalue weighted by atomic mass is 16.5. The van der Waals surface area contributed by atoms with Crippen LogP contribution < -0.4 is 0 Å². The van der Waals surface area contributed by atoms with Crippen LogP contribution in [-0.2, 0) is 14.3 Å². The van der Waals surface area contributed by atoms with Gasteiger partial charge in [-0.1, -0.05) is 25.0 Å². The number of allylic oxidation sites excluding steroid dienone is 2. The fourth-order valence-electron chi connectivity index (χ4n) is 3.95. The molecule has 4 atom stereocenters. The van der Waals surface area contributed by atoms with Crippen molar-refractivity contribution in [3.63, 3.8) is 0 Å². The average molecular weight is 348 g/mol. The van der Waals surface area contributed by atoms with Crippen LogP contribution in [-0.4, -0.2) is 36.5 Å².